The molecule has 1 atom stereocenters. The molecule has 0 spiro atoms. The summed E-state index contributed by atoms with van der Waals surface area (Å²) in [5.41, 5.74) is 2.05. The summed E-state index contributed by atoms with van der Waals surface area (Å²) in [6.45, 7) is 4.84. The van der Waals surface area contributed by atoms with Crippen LogP contribution in [0.3, 0.4) is 0 Å². The number of aromatic amines is 1. The summed E-state index contributed by atoms with van der Waals surface area (Å²) in [5, 5.41) is 14.7. The van der Waals surface area contributed by atoms with E-state index in [1.807, 2.05) is 42.1 Å². The van der Waals surface area contributed by atoms with Crippen LogP contribution in [0.5, 0.6) is 0 Å². The lowest BCUT2D eigenvalue weighted by atomic mass is 10.2. The van der Waals surface area contributed by atoms with Crippen LogP contribution in [0.4, 0.5) is 5.69 Å². The third-order valence-electron chi connectivity index (χ3n) is 3.15. The lowest BCUT2D eigenvalue weighted by molar-refractivity contribution is 0.561. The van der Waals surface area contributed by atoms with Gasteiger partial charge >= 0.3 is 0 Å². The number of aromatic nitrogens is 5. The molecule has 0 fully saturated rings. The number of H-pyrrole nitrogens is 1. The smallest absolute Gasteiger partial charge is 0.181 e. The molecule has 1 aromatic carbocycles. The number of benzene rings is 1. The van der Waals surface area contributed by atoms with Crippen LogP contribution >= 0.6 is 0 Å². The Hall–Kier alpha value is -2.63. The topological polar surface area (TPSA) is 71.4 Å². The van der Waals surface area contributed by atoms with Crippen molar-refractivity contribution in [1.29, 1.82) is 0 Å². The average Bonchev–Trinajstić information content (AvgIpc) is 3.10. The van der Waals surface area contributed by atoms with E-state index in [1.165, 1.54) is 0 Å². The van der Waals surface area contributed by atoms with Crippen LogP contribution in [-0.4, -0.2) is 31.0 Å². The molecule has 2 N–H and O–H groups in total. The molecule has 0 aliphatic heterocycles. The van der Waals surface area contributed by atoms with E-state index in [-0.39, 0.29) is 6.04 Å². The monoisotopic (exact) mass is 282 g/mol. The van der Waals surface area contributed by atoms with Crippen molar-refractivity contribution in [3.05, 3.63) is 48.5 Å². The van der Waals surface area contributed by atoms with Crippen LogP contribution in [0.2, 0.25) is 0 Å². The van der Waals surface area contributed by atoms with Gasteiger partial charge in [0.1, 0.15) is 5.82 Å². The first-order chi connectivity index (χ1) is 10.2. The maximum atomic E-state index is 4.35. The van der Waals surface area contributed by atoms with Gasteiger partial charge in [0, 0.05) is 29.7 Å². The average molecular weight is 282 g/mol. The predicted molar refractivity (Wildman–Crippen MR) is 81.9 cm³/mol. The fraction of sp³-hybridized carbons (Fsp3) is 0.267. The molecule has 0 aliphatic rings. The minimum atomic E-state index is 0.272. The molecule has 2 heterocycles. The Bertz CT molecular complexity index is 701. The Kier molecular flexibility index (Phi) is 3.68. The van der Waals surface area contributed by atoms with E-state index in [0.29, 0.717) is 0 Å². The fourth-order valence-corrected chi connectivity index (χ4v) is 2.24. The molecular formula is C15H18N6. The molecule has 0 bridgehead atoms. The number of aryl methyl sites for hydroxylation is 1. The summed E-state index contributed by atoms with van der Waals surface area (Å²) in [7, 11) is 0. The van der Waals surface area contributed by atoms with Crippen LogP contribution in [-0.2, 0) is 6.54 Å². The number of hydrogen-bond acceptors (Lipinski definition) is 4. The molecule has 0 saturated carbocycles. The minimum Gasteiger partial charge on any atom is -0.381 e. The van der Waals surface area contributed by atoms with Crippen molar-refractivity contribution in [2.45, 2.75) is 26.4 Å². The van der Waals surface area contributed by atoms with Gasteiger partial charge in [-0.2, -0.15) is 10.2 Å². The normalized spacial score (nSPS) is 12.3. The second-order valence-corrected chi connectivity index (χ2v) is 5.10. The standard InChI is InChI=1S/C15H18N6/c1-11(10-21-8-4-7-16-21)17-14-6-3-5-13(9-14)15-18-12(2)19-20-15/h3-9,11,17H,10H2,1-2H3,(H,18,19,20)/t11-/m0/s1. The van der Waals surface area contributed by atoms with Gasteiger partial charge in [0.15, 0.2) is 5.82 Å². The van der Waals surface area contributed by atoms with Crippen molar-refractivity contribution in [2.24, 2.45) is 0 Å². The third kappa shape index (κ3) is 3.28. The Morgan fingerprint density at radius 1 is 1.33 bits per heavy atom. The van der Waals surface area contributed by atoms with E-state index in [9.17, 15) is 0 Å². The highest BCUT2D eigenvalue weighted by atomic mass is 15.3. The van der Waals surface area contributed by atoms with Gasteiger partial charge in [0.2, 0.25) is 0 Å². The van der Waals surface area contributed by atoms with Crippen LogP contribution in [0.15, 0.2) is 42.7 Å². The molecular weight excluding hydrogens is 264 g/mol. The molecule has 108 valence electrons. The van der Waals surface area contributed by atoms with Gasteiger partial charge in [-0.3, -0.25) is 9.78 Å². The summed E-state index contributed by atoms with van der Waals surface area (Å²) in [6, 6.07) is 10.3. The second kappa shape index (κ2) is 5.78. The highest BCUT2D eigenvalue weighted by molar-refractivity contribution is 5.62. The minimum absolute atomic E-state index is 0.272. The Morgan fingerprint density at radius 2 is 2.24 bits per heavy atom. The summed E-state index contributed by atoms with van der Waals surface area (Å²) in [4.78, 5) is 4.35. The first kappa shape index (κ1) is 13.4. The van der Waals surface area contributed by atoms with Crippen molar-refractivity contribution >= 4 is 5.69 Å². The Balaban J connectivity index is 1.71. The highest BCUT2D eigenvalue weighted by Crippen LogP contribution is 2.19. The lowest BCUT2D eigenvalue weighted by Crippen LogP contribution is -2.22. The largest absolute Gasteiger partial charge is 0.381 e. The summed E-state index contributed by atoms with van der Waals surface area (Å²) >= 11 is 0. The van der Waals surface area contributed by atoms with Crippen LogP contribution < -0.4 is 5.32 Å². The molecule has 3 aromatic rings. The molecule has 0 amide bonds. The second-order valence-electron chi connectivity index (χ2n) is 5.10. The van der Waals surface area contributed by atoms with E-state index < -0.39 is 0 Å². The molecule has 6 nitrogen and oxygen atoms in total. The summed E-state index contributed by atoms with van der Waals surface area (Å²) in [6.07, 6.45) is 3.75. The van der Waals surface area contributed by atoms with Gasteiger partial charge in [0.05, 0.1) is 6.54 Å². The predicted octanol–water partition coefficient (Wildman–Crippen LogP) is 2.48. The van der Waals surface area contributed by atoms with Crippen molar-refractivity contribution in [3.63, 3.8) is 0 Å². The van der Waals surface area contributed by atoms with E-state index in [1.54, 1.807) is 6.20 Å². The maximum Gasteiger partial charge on any atom is 0.181 e. The molecule has 6 heteroatoms. The molecule has 0 radical (unpaired) electrons. The van der Waals surface area contributed by atoms with Gasteiger partial charge in [-0.25, -0.2) is 4.98 Å². The maximum absolute atomic E-state index is 4.35. The van der Waals surface area contributed by atoms with E-state index >= 15 is 0 Å². The number of anilines is 1. The number of nitrogens with zero attached hydrogens (tertiary/aromatic N) is 4. The van der Waals surface area contributed by atoms with Crippen molar-refractivity contribution in [3.8, 4) is 11.4 Å². The van der Waals surface area contributed by atoms with Crippen LogP contribution in [0.25, 0.3) is 11.4 Å². The quantitative estimate of drug-likeness (QED) is 0.754. The molecule has 0 unspecified atom stereocenters. The van der Waals surface area contributed by atoms with Gasteiger partial charge in [-0.15, -0.1) is 0 Å². The number of rotatable bonds is 5. The first-order valence-corrected chi connectivity index (χ1v) is 6.94. The molecule has 21 heavy (non-hydrogen) atoms. The summed E-state index contributed by atoms with van der Waals surface area (Å²) < 4.78 is 1.92. The van der Waals surface area contributed by atoms with Crippen molar-refractivity contribution < 1.29 is 0 Å². The SMILES string of the molecule is Cc1nc(-c2cccc(N[C@@H](C)Cn3cccn3)c2)n[nH]1. The van der Waals surface area contributed by atoms with Gasteiger partial charge < -0.3 is 5.32 Å². The number of nitrogens with one attached hydrogen (secondary N) is 2. The summed E-state index contributed by atoms with van der Waals surface area (Å²) in [5.74, 6) is 1.53. The van der Waals surface area contributed by atoms with E-state index in [4.69, 9.17) is 0 Å². The Morgan fingerprint density at radius 3 is 2.95 bits per heavy atom. The molecule has 2 aromatic heterocycles. The zero-order valence-corrected chi connectivity index (χ0v) is 12.1. The third-order valence-corrected chi connectivity index (χ3v) is 3.15. The Labute approximate surface area is 123 Å². The first-order valence-electron chi connectivity index (χ1n) is 6.94. The van der Waals surface area contributed by atoms with Crippen molar-refractivity contribution in [1.82, 2.24) is 25.0 Å². The van der Waals surface area contributed by atoms with Crippen LogP contribution in [0, 0.1) is 6.92 Å². The van der Waals surface area contributed by atoms with Crippen molar-refractivity contribution in [2.75, 3.05) is 5.32 Å². The number of hydrogen-bond donors (Lipinski definition) is 2. The zero-order valence-electron chi connectivity index (χ0n) is 12.1. The highest BCUT2D eigenvalue weighted by Gasteiger charge is 2.07. The van der Waals surface area contributed by atoms with E-state index in [2.05, 4.69) is 38.6 Å². The van der Waals surface area contributed by atoms with E-state index in [0.717, 1.165) is 29.4 Å². The van der Waals surface area contributed by atoms with Crippen LogP contribution in [0.1, 0.15) is 12.7 Å². The molecule has 0 aliphatic carbocycles. The molecule has 0 saturated heterocycles. The zero-order chi connectivity index (χ0) is 14.7. The van der Waals surface area contributed by atoms with Gasteiger partial charge in [0.25, 0.3) is 0 Å². The van der Waals surface area contributed by atoms with Gasteiger partial charge in [-0.1, -0.05) is 12.1 Å². The molecule has 3 rings (SSSR count). The lowest BCUT2D eigenvalue weighted by Gasteiger charge is -2.15. The van der Waals surface area contributed by atoms with Gasteiger partial charge in [-0.05, 0) is 32.0 Å². The fourth-order valence-electron chi connectivity index (χ4n) is 2.24.